The highest BCUT2D eigenvalue weighted by atomic mass is 31.0. The van der Waals surface area contributed by atoms with Gasteiger partial charge in [-0.2, -0.15) is 5.26 Å². The van der Waals surface area contributed by atoms with E-state index < -0.39 is 10.6 Å². The topological polar surface area (TPSA) is 68.0 Å². The van der Waals surface area contributed by atoms with Crippen LogP contribution in [0.4, 0.5) is 0 Å². The molecule has 1 aliphatic heterocycles. The summed E-state index contributed by atoms with van der Waals surface area (Å²) in [5.41, 5.74) is 0.330. The number of hydrogen-bond acceptors (Lipinski definition) is 3. The summed E-state index contributed by atoms with van der Waals surface area (Å²) in [4.78, 5) is 14.2. The van der Waals surface area contributed by atoms with Gasteiger partial charge in [0.05, 0.1) is 16.1 Å². The van der Waals surface area contributed by atoms with Gasteiger partial charge >= 0.3 is 0 Å². The Labute approximate surface area is 115 Å². The summed E-state index contributed by atoms with van der Waals surface area (Å²) in [6, 6.07) is 1.98. The van der Waals surface area contributed by atoms with Crippen LogP contribution in [0.2, 0.25) is 0 Å². The number of fused-ring (bicyclic) bond motifs is 1. The first-order valence-electron chi connectivity index (χ1n) is 6.30. The third-order valence-electron chi connectivity index (χ3n) is 4.03. The fraction of sp³-hybridized carbons (Fsp3) is 0.500. The molecule has 1 N–H and O–H groups in total. The van der Waals surface area contributed by atoms with E-state index in [1.807, 2.05) is 37.8 Å². The minimum absolute atomic E-state index is 0.153. The highest BCUT2D eigenvalue weighted by Gasteiger charge is 2.51. The highest BCUT2D eigenvalue weighted by Crippen LogP contribution is 2.49. The zero-order valence-electron chi connectivity index (χ0n) is 11.4. The number of Topliss-reactive ketones (excluding diaryl/α,β-unsaturated/α-hetero) is 1. The minimum atomic E-state index is -0.728. The second-order valence-corrected chi connectivity index (χ2v) is 6.41. The highest BCUT2D eigenvalue weighted by molar-refractivity contribution is 7.22. The molecule has 0 aromatic heterocycles. The molecule has 0 saturated heterocycles. The molecule has 0 bridgehead atoms. The number of nitrogens with zero attached hydrogens (tertiary/aromatic N) is 2. The molecule has 0 radical (unpaired) electrons. The molecule has 0 amide bonds. The number of likely N-dealkylation sites (N-methyl/N-ethyl adjacent to an activating group) is 1. The predicted octanol–water partition coefficient (Wildman–Crippen LogP) is 1.90. The molecule has 0 saturated carbocycles. The number of amidine groups is 1. The maximum absolute atomic E-state index is 12.3. The Balaban J connectivity index is 2.69. The third-order valence-corrected chi connectivity index (χ3v) is 4.78. The number of rotatable bonds is 1. The Morgan fingerprint density at radius 1 is 1.58 bits per heavy atom. The van der Waals surface area contributed by atoms with E-state index in [2.05, 4.69) is 9.24 Å². The second kappa shape index (κ2) is 4.28. The van der Waals surface area contributed by atoms with E-state index in [1.165, 1.54) is 0 Å². The number of ketones is 1. The van der Waals surface area contributed by atoms with Crippen LogP contribution in [0, 0.1) is 22.2 Å². The van der Waals surface area contributed by atoms with E-state index >= 15 is 0 Å². The minimum Gasteiger partial charge on any atom is -0.356 e. The number of carbonyl (C=O) groups excluding carboxylic acids is 1. The van der Waals surface area contributed by atoms with Gasteiger partial charge in [0.25, 0.3) is 0 Å². The molecule has 100 valence electrons. The van der Waals surface area contributed by atoms with Crippen LogP contribution in [-0.4, -0.2) is 34.8 Å². The van der Waals surface area contributed by atoms with Gasteiger partial charge in [0.15, 0.2) is 5.78 Å². The molecule has 2 rings (SSSR count). The summed E-state index contributed by atoms with van der Waals surface area (Å²) in [6.45, 7) is 7.05. The monoisotopic (exact) mass is 275 g/mol. The molecule has 19 heavy (non-hydrogen) atoms. The van der Waals surface area contributed by atoms with Gasteiger partial charge in [0, 0.05) is 13.1 Å². The van der Waals surface area contributed by atoms with Gasteiger partial charge in [-0.05, 0) is 32.4 Å². The molecule has 0 aromatic rings. The van der Waals surface area contributed by atoms with Crippen molar-refractivity contribution in [3.8, 4) is 6.07 Å². The number of hydrogen-bond donors (Lipinski definition) is 1. The smallest absolute Gasteiger partial charge is 0.182 e. The summed E-state index contributed by atoms with van der Waals surface area (Å²) in [5, 5.41) is 16.8. The first kappa shape index (κ1) is 14.0. The normalized spacial score (nSPS) is 29.3. The molecule has 1 aliphatic carbocycles. The predicted molar refractivity (Wildman–Crippen MR) is 78.0 cm³/mol. The van der Waals surface area contributed by atoms with Crippen LogP contribution in [-0.2, 0) is 4.79 Å². The second-order valence-electron chi connectivity index (χ2n) is 5.50. The van der Waals surface area contributed by atoms with Gasteiger partial charge in [-0.3, -0.25) is 10.2 Å². The lowest BCUT2D eigenvalue weighted by molar-refractivity contribution is -0.121. The maximum atomic E-state index is 12.3. The first-order valence-corrected chi connectivity index (χ1v) is 6.88. The van der Waals surface area contributed by atoms with Crippen LogP contribution in [0.25, 0.3) is 0 Å². The van der Waals surface area contributed by atoms with Crippen LogP contribution in [0.1, 0.15) is 20.8 Å². The summed E-state index contributed by atoms with van der Waals surface area (Å²) < 4.78 is 0. The fourth-order valence-electron chi connectivity index (χ4n) is 2.89. The number of nitriles is 1. The fourth-order valence-corrected chi connectivity index (χ4v) is 3.72. The lowest BCUT2D eigenvalue weighted by Gasteiger charge is -2.47. The summed E-state index contributed by atoms with van der Waals surface area (Å²) in [5.74, 6) is 0.280. The van der Waals surface area contributed by atoms with Gasteiger partial charge in [-0.25, -0.2) is 0 Å². The van der Waals surface area contributed by atoms with Crippen LogP contribution >= 0.6 is 9.24 Å². The van der Waals surface area contributed by atoms with Crippen molar-refractivity contribution in [2.45, 2.75) is 25.9 Å². The molecule has 5 heteroatoms. The van der Waals surface area contributed by atoms with Crippen molar-refractivity contribution in [2.75, 3.05) is 13.1 Å². The zero-order valence-corrected chi connectivity index (χ0v) is 12.6. The largest absolute Gasteiger partial charge is 0.356 e. The van der Waals surface area contributed by atoms with Crippen LogP contribution in [0.5, 0.6) is 0 Å². The molecule has 2 atom stereocenters. The molecule has 0 fully saturated rings. The van der Waals surface area contributed by atoms with Gasteiger partial charge in [0.1, 0.15) is 11.9 Å². The number of nitrogens with one attached hydrogen (secondary N) is 1. The standard InChI is InChI=1S/C14H18N3OP/c1-4-17-6-5-10-13(2,3)11(18)9(8-15)7-14(10,19)12(17)16/h5,7,16H,4,6,19H2,1-3H3/t14-/m0/s1. The summed E-state index contributed by atoms with van der Waals surface area (Å²) in [7, 11) is 2.66. The number of carbonyl (C=O) groups is 1. The Hall–Kier alpha value is -1.46. The number of allylic oxidation sites excluding steroid dienone is 1. The van der Waals surface area contributed by atoms with Crippen molar-refractivity contribution in [2.24, 2.45) is 5.41 Å². The Morgan fingerprint density at radius 2 is 2.21 bits per heavy atom. The summed E-state index contributed by atoms with van der Waals surface area (Å²) in [6.07, 6.45) is 3.65. The van der Waals surface area contributed by atoms with Crippen molar-refractivity contribution in [1.29, 1.82) is 10.7 Å². The summed E-state index contributed by atoms with van der Waals surface area (Å²) >= 11 is 0. The van der Waals surface area contributed by atoms with Gasteiger partial charge in [-0.15, -0.1) is 9.24 Å². The Morgan fingerprint density at radius 3 is 2.74 bits per heavy atom. The third kappa shape index (κ3) is 1.76. The zero-order chi connectivity index (χ0) is 14.4. The van der Waals surface area contributed by atoms with E-state index in [4.69, 9.17) is 10.7 Å². The van der Waals surface area contributed by atoms with Gasteiger partial charge in [-0.1, -0.05) is 6.08 Å². The van der Waals surface area contributed by atoms with Crippen molar-refractivity contribution in [1.82, 2.24) is 4.90 Å². The average Bonchev–Trinajstić information content (AvgIpc) is 2.37. The van der Waals surface area contributed by atoms with E-state index in [0.29, 0.717) is 12.4 Å². The Kier molecular flexibility index (Phi) is 3.15. The van der Waals surface area contributed by atoms with Gasteiger partial charge < -0.3 is 4.90 Å². The van der Waals surface area contributed by atoms with Crippen LogP contribution in [0.15, 0.2) is 23.3 Å². The first-order chi connectivity index (χ1) is 8.79. The molecular weight excluding hydrogens is 257 g/mol. The quantitative estimate of drug-likeness (QED) is 0.587. The van der Waals surface area contributed by atoms with Crippen LogP contribution < -0.4 is 0 Å². The van der Waals surface area contributed by atoms with Crippen molar-refractivity contribution >= 4 is 20.9 Å². The molecular formula is C14H18N3OP. The Bertz CT molecular complexity index is 568. The molecule has 2 aliphatic rings. The SMILES string of the molecule is CCN1CC=C2C(C)(C)C(=O)C(C#N)=C[C@@]2(P)C1=N. The van der Waals surface area contributed by atoms with Crippen LogP contribution in [0.3, 0.4) is 0 Å². The van der Waals surface area contributed by atoms with Gasteiger partial charge in [0.2, 0.25) is 0 Å². The maximum Gasteiger partial charge on any atom is 0.182 e. The van der Waals surface area contributed by atoms with E-state index in [-0.39, 0.29) is 11.4 Å². The van der Waals surface area contributed by atoms with Crippen molar-refractivity contribution in [3.63, 3.8) is 0 Å². The molecule has 0 spiro atoms. The van der Waals surface area contributed by atoms with Crippen molar-refractivity contribution in [3.05, 3.63) is 23.3 Å². The molecule has 1 heterocycles. The van der Waals surface area contributed by atoms with E-state index in [0.717, 1.165) is 12.1 Å². The molecule has 4 nitrogen and oxygen atoms in total. The lowest BCUT2D eigenvalue weighted by atomic mass is 9.65. The van der Waals surface area contributed by atoms with E-state index in [1.54, 1.807) is 6.08 Å². The molecule has 1 unspecified atom stereocenters. The molecule has 0 aromatic carbocycles. The van der Waals surface area contributed by atoms with Crippen molar-refractivity contribution < 1.29 is 4.79 Å². The lowest BCUT2D eigenvalue weighted by Crippen LogP contribution is -2.54. The van der Waals surface area contributed by atoms with E-state index in [9.17, 15) is 4.79 Å². The average molecular weight is 275 g/mol.